The Hall–Kier alpha value is -1.64. The molecule has 23 heavy (non-hydrogen) atoms. The molecule has 1 unspecified atom stereocenters. The van der Waals surface area contributed by atoms with Crippen LogP contribution in [0, 0.1) is 6.92 Å². The van der Waals surface area contributed by atoms with Gasteiger partial charge in [0.2, 0.25) is 0 Å². The van der Waals surface area contributed by atoms with E-state index >= 15 is 0 Å². The highest BCUT2D eigenvalue weighted by molar-refractivity contribution is 5.76. The molecular formula is C15H23NO7. The molecule has 1 aromatic heterocycles. The van der Waals surface area contributed by atoms with E-state index in [9.17, 15) is 9.59 Å². The molecule has 0 amide bonds. The number of carbonyl (C=O) groups is 1. The molecule has 8 heteroatoms. The van der Waals surface area contributed by atoms with Gasteiger partial charge in [0.05, 0.1) is 25.9 Å². The number of rotatable bonds is 7. The highest BCUT2D eigenvalue weighted by Crippen LogP contribution is 2.12. The van der Waals surface area contributed by atoms with Crippen molar-refractivity contribution in [3.63, 3.8) is 0 Å². The van der Waals surface area contributed by atoms with Crippen molar-refractivity contribution < 1.29 is 27.8 Å². The fourth-order valence-corrected chi connectivity index (χ4v) is 2.27. The maximum absolute atomic E-state index is 12.3. The van der Waals surface area contributed by atoms with Crippen molar-refractivity contribution in [1.82, 2.24) is 4.90 Å². The fourth-order valence-electron chi connectivity index (χ4n) is 2.27. The van der Waals surface area contributed by atoms with Gasteiger partial charge in [-0.05, 0) is 20.8 Å². The molecule has 1 aromatic rings. The summed E-state index contributed by atoms with van der Waals surface area (Å²) in [5, 5.41) is 0. The molecule has 0 spiro atoms. The van der Waals surface area contributed by atoms with E-state index < -0.39 is 17.8 Å². The second-order valence-corrected chi connectivity index (χ2v) is 5.59. The summed E-state index contributed by atoms with van der Waals surface area (Å²) in [7, 11) is 0. The molecule has 1 saturated heterocycles. The molecule has 2 rings (SSSR count). The first-order valence-corrected chi connectivity index (χ1v) is 7.67. The molecule has 8 nitrogen and oxygen atoms in total. The van der Waals surface area contributed by atoms with E-state index in [-0.39, 0.29) is 25.1 Å². The summed E-state index contributed by atoms with van der Waals surface area (Å²) >= 11 is 0. The van der Waals surface area contributed by atoms with Crippen molar-refractivity contribution in [1.29, 1.82) is 0 Å². The van der Waals surface area contributed by atoms with Crippen LogP contribution in [-0.2, 0) is 25.6 Å². The van der Waals surface area contributed by atoms with Crippen molar-refractivity contribution in [2.45, 2.75) is 39.5 Å². The lowest BCUT2D eigenvalue weighted by atomic mass is 10.2. The smallest absolute Gasteiger partial charge is 0.456 e. The van der Waals surface area contributed by atoms with Gasteiger partial charge in [0.25, 0.3) is 0 Å². The highest BCUT2D eigenvalue weighted by Gasteiger charge is 2.31. The Morgan fingerprint density at radius 3 is 2.83 bits per heavy atom. The minimum absolute atomic E-state index is 0.136. The monoisotopic (exact) mass is 329 g/mol. The third kappa shape index (κ3) is 5.19. The normalized spacial score (nSPS) is 19.2. The van der Waals surface area contributed by atoms with Gasteiger partial charge in [-0.1, -0.05) is 0 Å². The molecule has 0 aliphatic carbocycles. The lowest BCUT2D eigenvalue weighted by Gasteiger charge is -2.33. The summed E-state index contributed by atoms with van der Waals surface area (Å²) < 4.78 is 25.6. The van der Waals surface area contributed by atoms with Crippen molar-refractivity contribution in [3.05, 3.63) is 22.1 Å². The van der Waals surface area contributed by atoms with Gasteiger partial charge in [-0.25, -0.2) is 4.79 Å². The second-order valence-electron chi connectivity index (χ2n) is 5.59. The Morgan fingerprint density at radius 2 is 2.17 bits per heavy atom. The number of aryl methyl sites for hydroxylation is 1. The van der Waals surface area contributed by atoms with E-state index in [1.165, 1.54) is 0 Å². The zero-order valence-electron chi connectivity index (χ0n) is 13.7. The van der Waals surface area contributed by atoms with E-state index in [2.05, 4.69) is 0 Å². The van der Waals surface area contributed by atoms with Crippen molar-refractivity contribution >= 4 is 5.97 Å². The third-order valence-electron chi connectivity index (χ3n) is 3.52. The van der Waals surface area contributed by atoms with Crippen LogP contribution in [0.15, 0.2) is 13.6 Å². The lowest BCUT2D eigenvalue weighted by Crippen LogP contribution is -2.51. The number of morpholine rings is 1. The Morgan fingerprint density at radius 1 is 1.39 bits per heavy atom. The van der Waals surface area contributed by atoms with E-state index in [0.717, 1.165) is 0 Å². The van der Waals surface area contributed by atoms with E-state index in [0.29, 0.717) is 32.1 Å². The molecule has 0 saturated carbocycles. The van der Waals surface area contributed by atoms with Gasteiger partial charge in [-0.2, -0.15) is 0 Å². The summed E-state index contributed by atoms with van der Waals surface area (Å²) in [6.45, 7) is 8.02. The molecule has 0 N–H and O–H groups in total. The second kappa shape index (κ2) is 8.28. The molecule has 130 valence electrons. The molecule has 1 aliphatic heterocycles. The minimum Gasteiger partial charge on any atom is -0.456 e. The van der Waals surface area contributed by atoms with E-state index in [4.69, 9.17) is 23.0 Å². The summed E-state index contributed by atoms with van der Waals surface area (Å²) in [6.07, 6.45) is 0.147. The maximum atomic E-state index is 12.3. The van der Waals surface area contributed by atoms with Gasteiger partial charge in [-0.15, -0.1) is 0 Å². The third-order valence-corrected chi connectivity index (χ3v) is 3.52. The van der Waals surface area contributed by atoms with Gasteiger partial charge >= 0.3 is 11.8 Å². The molecule has 2 heterocycles. The van der Waals surface area contributed by atoms with Crippen LogP contribution in [0.2, 0.25) is 0 Å². The molecule has 0 radical (unpaired) electrons. The van der Waals surface area contributed by atoms with Crippen LogP contribution in [0.25, 0.3) is 0 Å². The van der Waals surface area contributed by atoms with Crippen LogP contribution < -0.4 is 5.82 Å². The number of hydrogen-bond donors (Lipinski definition) is 0. The Labute approximate surface area is 134 Å². The van der Waals surface area contributed by atoms with E-state index in [1.807, 2.05) is 18.7 Å². The topological polar surface area (TPSA) is 91.4 Å². The predicted octanol–water partition coefficient (Wildman–Crippen LogP) is 0.710. The molecule has 1 atom stereocenters. The van der Waals surface area contributed by atoms with E-state index in [1.54, 1.807) is 6.92 Å². The maximum Gasteiger partial charge on any atom is 0.519 e. The molecular weight excluding hydrogens is 306 g/mol. The quantitative estimate of drug-likeness (QED) is 0.676. The summed E-state index contributed by atoms with van der Waals surface area (Å²) in [4.78, 5) is 25.2. The van der Waals surface area contributed by atoms with Crippen molar-refractivity contribution in [2.75, 3.05) is 32.9 Å². The summed E-state index contributed by atoms with van der Waals surface area (Å²) in [5.41, 5.74) is 0. The van der Waals surface area contributed by atoms with Gasteiger partial charge in [0.15, 0.2) is 18.1 Å². The number of esters is 1. The van der Waals surface area contributed by atoms with Crippen LogP contribution in [0.4, 0.5) is 0 Å². The molecule has 1 aliphatic rings. The number of carbonyl (C=O) groups excluding carboxylic acids is 1. The standard InChI is InChI=1S/C15H23NO7/c1-10(2)20-7-5-16-4-6-19-8-12(16)14(17)21-9-13-11(3)22-15(18)23-13/h10,12H,4-9H2,1-3H3. The lowest BCUT2D eigenvalue weighted by molar-refractivity contribution is -0.158. The Kier molecular flexibility index (Phi) is 6.37. The number of ether oxygens (including phenoxy) is 3. The Bertz CT molecular complexity index is 562. The zero-order valence-corrected chi connectivity index (χ0v) is 13.7. The fraction of sp³-hybridized carbons (Fsp3) is 0.733. The number of hydrogen-bond acceptors (Lipinski definition) is 8. The van der Waals surface area contributed by atoms with Gasteiger partial charge < -0.3 is 23.0 Å². The van der Waals surface area contributed by atoms with Crippen LogP contribution in [0.3, 0.4) is 0 Å². The van der Waals surface area contributed by atoms with Crippen LogP contribution in [-0.4, -0.2) is 55.9 Å². The first-order valence-electron chi connectivity index (χ1n) is 7.67. The van der Waals surface area contributed by atoms with Gasteiger partial charge in [0.1, 0.15) is 6.04 Å². The zero-order chi connectivity index (χ0) is 16.8. The molecule has 0 bridgehead atoms. The van der Waals surface area contributed by atoms with Crippen molar-refractivity contribution in [2.24, 2.45) is 0 Å². The largest absolute Gasteiger partial charge is 0.519 e. The highest BCUT2D eigenvalue weighted by atomic mass is 16.6. The first-order chi connectivity index (χ1) is 11.0. The summed E-state index contributed by atoms with van der Waals surface area (Å²) in [6, 6.07) is -0.488. The average Bonchev–Trinajstić information content (AvgIpc) is 2.83. The van der Waals surface area contributed by atoms with Crippen LogP contribution >= 0.6 is 0 Å². The summed E-state index contributed by atoms with van der Waals surface area (Å²) in [5.74, 6) is -0.695. The SMILES string of the molecule is Cc1oc(=O)oc1COC(=O)C1COCCN1CCOC(C)C. The van der Waals surface area contributed by atoms with Gasteiger partial charge in [-0.3, -0.25) is 9.69 Å². The number of nitrogens with zero attached hydrogens (tertiary/aromatic N) is 1. The van der Waals surface area contributed by atoms with Crippen LogP contribution in [0.1, 0.15) is 25.4 Å². The average molecular weight is 329 g/mol. The molecule has 0 aromatic carbocycles. The Balaban J connectivity index is 1.87. The first kappa shape index (κ1) is 17.7. The van der Waals surface area contributed by atoms with Crippen LogP contribution in [0.5, 0.6) is 0 Å². The predicted molar refractivity (Wildman–Crippen MR) is 79.0 cm³/mol. The minimum atomic E-state index is -0.804. The molecule has 1 fully saturated rings. The van der Waals surface area contributed by atoms with Gasteiger partial charge in [0, 0.05) is 13.1 Å². The van der Waals surface area contributed by atoms with Crippen molar-refractivity contribution in [3.8, 4) is 0 Å².